The molecule has 1 aromatic rings. The van der Waals surface area contributed by atoms with Gasteiger partial charge in [-0.05, 0) is 49.9 Å². The minimum atomic E-state index is 0.595. The van der Waals surface area contributed by atoms with Crippen molar-refractivity contribution in [2.24, 2.45) is 17.8 Å². The number of anilines is 1. The van der Waals surface area contributed by atoms with E-state index in [0.717, 1.165) is 50.0 Å². The van der Waals surface area contributed by atoms with E-state index in [1.54, 1.807) is 12.4 Å². The highest BCUT2D eigenvalue weighted by atomic mass is 35.5. The Morgan fingerprint density at radius 1 is 1.14 bits per heavy atom. The summed E-state index contributed by atoms with van der Waals surface area (Å²) in [5, 5.41) is 0.595. The molecule has 0 unspecified atom stereocenters. The third kappa shape index (κ3) is 6.75. The molecule has 1 atom stereocenters. The van der Waals surface area contributed by atoms with Crippen molar-refractivity contribution in [1.82, 2.24) is 14.3 Å². The Kier molecular flexibility index (Phi) is 9.15. The average molecular weight is 427 g/mol. The van der Waals surface area contributed by atoms with Gasteiger partial charge in [0.2, 0.25) is 5.95 Å². The van der Waals surface area contributed by atoms with E-state index >= 15 is 0 Å². The molecule has 0 spiro atoms. The molecule has 3 heterocycles. The fourth-order valence-corrected chi connectivity index (χ4v) is 5.21. The predicted molar refractivity (Wildman–Crippen MR) is 119 cm³/mol. The van der Waals surface area contributed by atoms with Crippen LogP contribution in [0.15, 0.2) is 12.4 Å². The molecule has 28 heavy (non-hydrogen) atoms. The van der Waals surface area contributed by atoms with Crippen LogP contribution in [0.4, 0.5) is 5.95 Å². The fraction of sp³-hybridized carbons (Fsp3) is 0.810. The molecule has 3 rings (SSSR count). The van der Waals surface area contributed by atoms with Gasteiger partial charge in [0.25, 0.3) is 0 Å². The van der Waals surface area contributed by atoms with Crippen molar-refractivity contribution in [2.75, 3.05) is 50.0 Å². The summed E-state index contributed by atoms with van der Waals surface area (Å²) in [6, 6.07) is 0. The van der Waals surface area contributed by atoms with Gasteiger partial charge in [0, 0.05) is 45.1 Å². The van der Waals surface area contributed by atoms with Gasteiger partial charge in [-0.1, -0.05) is 37.4 Å². The predicted octanol–water partition coefficient (Wildman–Crippen LogP) is 4.77. The molecule has 0 aromatic carbocycles. The fourth-order valence-electron chi connectivity index (χ4n) is 4.28. The minimum Gasteiger partial charge on any atom is -0.381 e. The van der Waals surface area contributed by atoms with Crippen LogP contribution in [0.25, 0.3) is 0 Å². The third-order valence-electron chi connectivity index (χ3n) is 6.19. The number of piperidine rings is 2. The molecule has 0 aliphatic carbocycles. The average Bonchev–Trinajstić information content (AvgIpc) is 2.73. The zero-order valence-corrected chi connectivity index (χ0v) is 18.9. The summed E-state index contributed by atoms with van der Waals surface area (Å²) in [6.07, 6.45) is 9.53. The number of ether oxygens (including phenoxy) is 1. The van der Waals surface area contributed by atoms with Crippen LogP contribution >= 0.6 is 23.5 Å². The first-order valence-corrected chi connectivity index (χ1v) is 12.2. The second kappa shape index (κ2) is 11.6. The second-order valence-electron chi connectivity index (χ2n) is 8.16. The monoisotopic (exact) mass is 426 g/mol. The first kappa shape index (κ1) is 22.1. The molecule has 1 aromatic heterocycles. The topological polar surface area (TPSA) is 41.5 Å². The Hall–Kier alpha value is -0.560. The van der Waals surface area contributed by atoms with Gasteiger partial charge >= 0.3 is 0 Å². The normalized spacial score (nSPS) is 21.2. The van der Waals surface area contributed by atoms with Crippen LogP contribution < -0.4 is 4.90 Å². The quantitative estimate of drug-likeness (QED) is 0.418. The van der Waals surface area contributed by atoms with E-state index in [-0.39, 0.29) is 0 Å². The molecule has 5 nitrogen and oxygen atoms in total. The summed E-state index contributed by atoms with van der Waals surface area (Å²) in [4.78, 5) is 11.0. The smallest absolute Gasteiger partial charge is 0.225 e. The van der Waals surface area contributed by atoms with Crippen LogP contribution in [0.1, 0.15) is 46.0 Å². The molecule has 2 aliphatic heterocycles. The van der Waals surface area contributed by atoms with Crippen LogP contribution in [0, 0.1) is 17.8 Å². The summed E-state index contributed by atoms with van der Waals surface area (Å²) in [6.45, 7) is 11.0. The highest BCUT2D eigenvalue weighted by molar-refractivity contribution is 7.96. The summed E-state index contributed by atoms with van der Waals surface area (Å²) in [7, 11) is 0. The lowest BCUT2D eigenvalue weighted by molar-refractivity contribution is 0.0668. The maximum absolute atomic E-state index is 6.06. The second-order valence-corrected chi connectivity index (χ2v) is 9.95. The molecule has 7 heteroatoms. The standard InChI is InChI=1S/C21H35ClN4OS/c1-3-28-26-11-4-18(5-12-26)16-27-13-8-17(2)19-6-9-25(10-7-19)21-23-14-20(22)15-24-21/h14-15,17-19H,3-13,16H2,1-2H3/t17-/m0/s1. The lowest BCUT2D eigenvalue weighted by atomic mass is 9.84. The van der Waals surface area contributed by atoms with E-state index in [4.69, 9.17) is 16.3 Å². The van der Waals surface area contributed by atoms with Gasteiger partial charge in [0.15, 0.2) is 0 Å². The van der Waals surface area contributed by atoms with Crippen LogP contribution in [0.3, 0.4) is 0 Å². The zero-order valence-electron chi connectivity index (χ0n) is 17.4. The van der Waals surface area contributed by atoms with Crippen molar-refractivity contribution in [3.63, 3.8) is 0 Å². The van der Waals surface area contributed by atoms with Gasteiger partial charge in [-0.2, -0.15) is 0 Å². The van der Waals surface area contributed by atoms with E-state index in [1.165, 1.54) is 50.9 Å². The number of hydrogen-bond acceptors (Lipinski definition) is 6. The number of rotatable bonds is 9. The van der Waals surface area contributed by atoms with Gasteiger partial charge in [-0.15, -0.1) is 0 Å². The van der Waals surface area contributed by atoms with Gasteiger partial charge < -0.3 is 9.64 Å². The molecular weight excluding hydrogens is 392 g/mol. The van der Waals surface area contributed by atoms with Crippen molar-refractivity contribution < 1.29 is 4.74 Å². The Morgan fingerprint density at radius 2 is 1.82 bits per heavy atom. The zero-order chi connectivity index (χ0) is 19.8. The lowest BCUT2D eigenvalue weighted by Gasteiger charge is -2.35. The molecule has 0 radical (unpaired) electrons. The van der Waals surface area contributed by atoms with E-state index in [9.17, 15) is 0 Å². The highest BCUT2D eigenvalue weighted by Gasteiger charge is 2.25. The van der Waals surface area contributed by atoms with E-state index in [2.05, 4.69) is 33.0 Å². The molecule has 0 bridgehead atoms. The van der Waals surface area contributed by atoms with Gasteiger partial charge in [0.05, 0.1) is 17.4 Å². The summed E-state index contributed by atoms with van der Waals surface area (Å²) < 4.78 is 8.58. The van der Waals surface area contributed by atoms with Crippen molar-refractivity contribution in [3.8, 4) is 0 Å². The summed E-state index contributed by atoms with van der Waals surface area (Å²) in [5.41, 5.74) is 0. The van der Waals surface area contributed by atoms with Crippen molar-refractivity contribution in [3.05, 3.63) is 17.4 Å². The molecule has 158 valence electrons. The maximum Gasteiger partial charge on any atom is 0.225 e. The lowest BCUT2D eigenvalue weighted by Crippen LogP contribution is -2.36. The molecule has 0 N–H and O–H groups in total. The largest absolute Gasteiger partial charge is 0.381 e. The first-order chi connectivity index (χ1) is 13.7. The van der Waals surface area contributed by atoms with Gasteiger partial charge in [0.1, 0.15) is 0 Å². The number of aromatic nitrogens is 2. The minimum absolute atomic E-state index is 0.595. The van der Waals surface area contributed by atoms with Crippen LogP contribution in [-0.4, -0.2) is 59.4 Å². The summed E-state index contributed by atoms with van der Waals surface area (Å²) in [5.74, 6) is 4.25. The van der Waals surface area contributed by atoms with Crippen molar-refractivity contribution in [2.45, 2.75) is 46.0 Å². The van der Waals surface area contributed by atoms with E-state index in [0.29, 0.717) is 5.02 Å². The van der Waals surface area contributed by atoms with E-state index < -0.39 is 0 Å². The highest BCUT2D eigenvalue weighted by Crippen LogP contribution is 2.29. The Morgan fingerprint density at radius 3 is 2.46 bits per heavy atom. The van der Waals surface area contributed by atoms with E-state index in [1.807, 2.05) is 11.9 Å². The van der Waals surface area contributed by atoms with Crippen LogP contribution in [0.2, 0.25) is 5.02 Å². The van der Waals surface area contributed by atoms with Gasteiger partial charge in [-0.3, -0.25) is 4.31 Å². The van der Waals surface area contributed by atoms with Crippen molar-refractivity contribution >= 4 is 29.5 Å². The van der Waals surface area contributed by atoms with Crippen molar-refractivity contribution in [1.29, 1.82) is 0 Å². The SMILES string of the molecule is CCSN1CCC(COCC[C@H](C)C2CCN(c3ncc(Cl)cn3)CC2)CC1. The maximum atomic E-state index is 6.06. The Bertz CT molecular complexity index is 560. The molecule has 0 amide bonds. The first-order valence-electron chi connectivity index (χ1n) is 10.8. The Balaban J connectivity index is 1.28. The number of hydrogen-bond donors (Lipinski definition) is 0. The Labute approximate surface area is 179 Å². The molecule has 0 saturated carbocycles. The number of halogens is 1. The van der Waals surface area contributed by atoms with Crippen LogP contribution in [-0.2, 0) is 4.74 Å². The third-order valence-corrected chi connectivity index (χ3v) is 7.37. The molecule has 2 fully saturated rings. The molecule has 2 aliphatic rings. The number of nitrogens with zero attached hydrogens (tertiary/aromatic N) is 4. The van der Waals surface area contributed by atoms with Gasteiger partial charge in [-0.25, -0.2) is 9.97 Å². The van der Waals surface area contributed by atoms with Crippen LogP contribution in [0.5, 0.6) is 0 Å². The summed E-state index contributed by atoms with van der Waals surface area (Å²) >= 11 is 7.86. The molecular formula is C21H35ClN4OS. The molecule has 2 saturated heterocycles.